The first kappa shape index (κ1) is 20.6. The van der Waals surface area contributed by atoms with Crippen LogP contribution in [0.25, 0.3) is 10.2 Å². The molecule has 1 atom stereocenters. The highest BCUT2D eigenvalue weighted by Crippen LogP contribution is 2.32. The van der Waals surface area contributed by atoms with Crippen molar-refractivity contribution in [3.05, 3.63) is 23.3 Å². The number of amides is 1. The summed E-state index contributed by atoms with van der Waals surface area (Å²) in [6, 6.07) is 4.31. The Morgan fingerprint density at radius 3 is 2.55 bits per heavy atom. The van der Waals surface area contributed by atoms with Crippen LogP contribution in [0.4, 0.5) is 5.13 Å². The van der Waals surface area contributed by atoms with Gasteiger partial charge in [-0.05, 0) is 43.9 Å². The van der Waals surface area contributed by atoms with Gasteiger partial charge in [-0.15, -0.1) is 0 Å². The average Bonchev–Trinajstić information content (AvgIpc) is 3.11. The van der Waals surface area contributed by atoms with Crippen LogP contribution in [0.3, 0.4) is 0 Å². The molecule has 0 N–H and O–H groups in total. The van der Waals surface area contributed by atoms with Crippen LogP contribution in [-0.4, -0.2) is 74.0 Å². The van der Waals surface area contributed by atoms with Crippen molar-refractivity contribution in [1.82, 2.24) is 14.2 Å². The van der Waals surface area contributed by atoms with E-state index >= 15 is 0 Å². The highest BCUT2D eigenvalue weighted by Gasteiger charge is 2.34. The Balaban J connectivity index is 1.40. The number of aromatic nitrogens is 1. The van der Waals surface area contributed by atoms with E-state index in [9.17, 15) is 13.2 Å². The molecule has 4 rings (SSSR count). The summed E-state index contributed by atoms with van der Waals surface area (Å²) in [6.45, 7) is 7.87. The van der Waals surface area contributed by atoms with Gasteiger partial charge in [0.2, 0.25) is 15.9 Å². The van der Waals surface area contributed by atoms with Crippen LogP contribution >= 0.6 is 11.3 Å². The fraction of sp³-hybridized carbons (Fsp3) is 0.600. The molecule has 0 saturated carbocycles. The van der Waals surface area contributed by atoms with Crippen molar-refractivity contribution in [2.75, 3.05) is 50.4 Å². The van der Waals surface area contributed by atoms with Crippen molar-refractivity contribution in [3.63, 3.8) is 0 Å². The maximum absolute atomic E-state index is 13.0. The number of benzene rings is 1. The largest absolute Gasteiger partial charge is 0.345 e. The van der Waals surface area contributed by atoms with Gasteiger partial charge in [-0.1, -0.05) is 17.4 Å². The highest BCUT2D eigenvalue weighted by molar-refractivity contribution is 7.88. The van der Waals surface area contributed by atoms with Crippen LogP contribution in [0.5, 0.6) is 0 Å². The van der Waals surface area contributed by atoms with E-state index in [-0.39, 0.29) is 11.8 Å². The lowest BCUT2D eigenvalue weighted by atomic mass is 9.98. The highest BCUT2D eigenvalue weighted by atomic mass is 32.2. The van der Waals surface area contributed by atoms with Gasteiger partial charge in [0.15, 0.2) is 5.13 Å². The lowest BCUT2D eigenvalue weighted by Crippen LogP contribution is -2.53. The third-order valence-electron chi connectivity index (χ3n) is 5.87. The van der Waals surface area contributed by atoms with E-state index in [2.05, 4.69) is 30.9 Å². The summed E-state index contributed by atoms with van der Waals surface area (Å²) in [5.41, 5.74) is 3.52. The minimum Gasteiger partial charge on any atom is -0.345 e. The average molecular weight is 437 g/mol. The molecule has 0 unspecified atom stereocenters. The molecule has 2 aliphatic rings. The number of piperidine rings is 1. The van der Waals surface area contributed by atoms with E-state index in [4.69, 9.17) is 4.98 Å². The number of hydrogen-bond acceptors (Lipinski definition) is 6. The Kier molecular flexibility index (Phi) is 5.56. The lowest BCUT2D eigenvalue weighted by molar-refractivity contribution is -0.137. The van der Waals surface area contributed by atoms with Crippen LogP contribution in [0.15, 0.2) is 12.1 Å². The monoisotopic (exact) mass is 436 g/mol. The van der Waals surface area contributed by atoms with E-state index in [0.29, 0.717) is 26.2 Å². The molecule has 1 aromatic heterocycles. The molecule has 2 fully saturated rings. The third-order valence-corrected chi connectivity index (χ3v) is 8.41. The molecule has 1 aromatic carbocycles. The molecule has 3 heterocycles. The summed E-state index contributed by atoms with van der Waals surface area (Å²) < 4.78 is 26.4. The number of thiazole rings is 1. The summed E-state index contributed by atoms with van der Waals surface area (Å²) in [5, 5.41) is 1.02. The van der Waals surface area contributed by atoms with Gasteiger partial charge in [-0.3, -0.25) is 4.79 Å². The SMILES string of the molecule is Cc1cc(C)c2sc(N3CCN(C(=O)[C@@H]4CCCN(S(C)(=O)=O)C4)CC3)nc2c1. The quantitative estimate of drug-likeness (QED) is 0.738. The summed E-state index contributed by atoms with van der Waals surface area (Å²) in [5.74, 6) is -0.133. The molecule has 2 saturated heterocycles. The van der Waals surface area contributed by atoms with Crippen molar-refractivity contribution >= 4 is 42.6 Å². The summed E-state index contributed by atoms with van der Waals surface area (Å²) in [6.07, 6.45) is 2.73. The Labute approximate surface area is 176 Å². The van der Waals surface area contributed by atoms with E-state index in [1.807, 2.05) is 4.90 Å². The maximum Gasteiger partial charge on any atom is 0.227 e. The minimum atomic E-state index is -3.24. The second-order valence-corrected chi connectivity index (χ2v) is 11.2. The van der Waals surface area contributed by atoms with Crippen LogP contribution in [0.1, 0.15) is 24.0 Å². The smallest absolute Gasteiger partial charge is 0.227 e. The van der Waals surface area contributed by atoms with Gasteiger partial charge in [0.25, 0.3) is 0 Å². The first-order valence-electron chi connectivity index (χ1n) is 10.1. The number of carbonyl (C=O) groups is 1. The Morgan fingerprint density at radius 1 is 1.14 bits per heavy atom. The van der Waals surface area contributed by atoms with Crippen molar-refractivity contribution in [2.45, 2.75) is 26.7 Å². The maximum atomic E-state index is 13.0. The molecule has 0 bridgehead atoms. The Bertz CT molecular complexity index is 1030. The molecule has 0 aliphatic carbocycles. The summed E-state index contributed by atoms with van der Waals surface area (Å²) >= 11 is 1.72. The molecule has 0 spiro atoms. The zero-order valence-electron chi connectivity index (χ0n) is 17.2. The second kappa shape index (κ2) is 7.85. The fourth-order valence-electron chi connectivity index (χ4n) is 4.32. The number of nitrogens with zero attached hydrogens (tertiary/aromatic N) is 4. The zero-order chi connectivity index (χ0) is 20.8. The van der Waals surface area contributed by atoms with Crippen molar-refractivity contribution < 1.29 is 13.2 Å². The number of sulfonamides is 1. The van der Waals surface area contributed by atoms with Gasteiger partial charge < -0.3 is 9.80 Å². The topological polar surface area (TPSA) is 73.8 Å². The predicted octanol–water partition coefficient (Wildman–Crippen LogP) is 2.23. The van der Waals surface area contributed by atoms with E-state index in [1.165, 1.54) is 26.4 Å². The number of anilines is 1. The molecule has 0 radical (unpaired) electrons. The first-order chi connectivity index (χ1) is 13.7. The van der Waals surface area contributed by atoms with Gasteiger partial charge in [0, 0.05) is 39.3 Å². The second-order valence-electron chi connectivity index (χ2n) is 8.20. The molecule has 7 nitrogen and oxygen atoms in total. The summed E-state index contributed by atoms with van der Waals surface area (Å²) in [7, 11) is -3.24. The third kappa shape index (κ3) is 4.27. The van der Waals surface area contributed by atoms with Crippen molar-refractivity contribution in [3.8, 4) is 0 Å². The van der Waals surface area contributed by atoms with E-state index < -0.39 is 10.0 Å². The number of carbonyl (C=O) groups excluding carboxylic acids is 1. The molecular weight excluding hydrogens is 408 g/mol. The molecule has 2 aromatic rings. The van der Waals surface area contributed by atoms with E-state index in [0.717, 1.165) is 36.6 Å². The van der Waals surface area contributed by atoms with Crippen LogP contribution in [-0.2, 0) is 14.8 Å². The molecule has 1 amide bonds. The molecular formula is C20H28N4O3S2. The fourth-order valence-corrected chi connectivity index (χ4v) is 6.30. The number of fused-ring (bicyclic) bond motifs is 1. The standard InChI is InChI=1S/C20H28N4O3S2/c1-14-11-15(2)18-17(12-14)21-20(28-18)23-9-7-22(8-10-23)19(25)16-5-4-6-24(13-16)29(3,26)27/h11-12,16H,4-10,13H2,1-3H3/t16-/m1/s1. The minimum absolute atomic E-state index is 0.0915. The van der Waals surface area contributed by atoms with Crippen LogP contribution < -0.4 is 4.90 Å². The van der Waals surface area contributed by atoms with Gasteiger partial charge in [-0.2, -0.15) is 0 Å². The van der Waals surface area contributed by atoms with Crippen LogP contribution in [0, 0.1) is 19.8 Å². The Hall–Kier alpha value is -1.71. The molecule has 158 valence electrons. The molecule has 9 heteroatoms. The molecule has 29 heavy (non-hydrogen) atoms. The lowest BCUT2D eigenvalue weighted by Gasteiger charge is -2.38. The van der Waals surface area contributed by atoms with Crippen molar-refractivity contribution in [2.24, 2.45) is 5.92 Å². The van der Waals surface area contributed by atoms with Gasteiger partial charge in [-0.25, -0.2) is 17.7 Å². The normalized spacial score (nSPS) is 21.7. The van der Waals surface area contributed by atoms with Crippen LogP contribution in [0.2, 0.25) is 0 Å². The molecule has 2 aliphatic heterocycles. The zero-order valence-corrected chi connectivity index (χ0v) is 18.9. The number of piperazine rings is 1. The van der Waals surface area contributed by atoms with Gasteiger partial charge in [0.05, 0.1) is 22.4 Å². The number of aryl methyl sites for hydroxylation is 2. The Morgan fingerprint density at radius 2 is 1.86 bits per heavy atom. The first-order valence-corrected chi connectivity index (χ1v) is 12.8. The van der Waals surface area contributed by atoms with E-state index in [1.54, 1.807) is 11.3 Å². The van der Waals surface area contributed by atoms with Crippen molar-refractivity contribution in [1.29, 1.82) is 0 Å². The summed E-state index contributed by atoms with van der Waals surface area (Å²) in [4.78, 5) is 21.9. The number of hydrogen-bond donors (Lipinski definition) is 0. The number of rotatable bonds is 3. The van der Waals surface area contributed by atoms with Gasteiger partial charge >= 0.3 is 0 Å². The van der Waals surface area contributed by atoms with Gasteiger partial charge in [0.1, 0.15) is 0 Å². The predicted molar refractivity (Wildman–Crippen MR) is 117 cm³/mol.